The monoisotopic (exact) mass is 263 g/mol. The van der Waals surface area contributed by atoms with Crippen LogP contribution in [0, 0.1) is 6.92 Å². The number of benzene rings is 1. The summed E-state index contributed by atoms with van der Waals surface area (Å²) in [5.74, 6) is 0. The van der Waals surface area contributed by atoms with Gasteiger partial charge in [0.2, 0.25) is 0 Å². The van der Waals surface area contributed by atoms with Gasteiger partial charge in [0, 0.05) is 12.6 Å². The summed E-state index contributed by atoms with van der Waals surface area (Å²) in [5, 5.41) is 12.3. The lowest BCUT2D eigenvalue weighted by Gasteiger charge is -2.13. The minimum absolute atomic E-state index is 0.334. The number of hydrogen-bond donors (Lipinski definition) is 2. The average Bonchev–Trinajstić information content (AvgIpc) is 2.40. The zero-order valence-corrected chi connectivity index (χ0v) is 12.5. The number of rotatable bonds is 10. The zero-order chi connectivity index (χ0) is 13.9. The maximum Gasteiger partial charge on any atom is 0.0431 e. The predicted molar refractivity (Wildman–Crippen MR) is 82.5 cm³/mol. The third kappa shape index (κ3) is 8.02. The first-order chi connectivity index (χ1) is 9.22. The largest absolute Gasteiger partial charge is 0.396 e. The third-order valence-electron chi connectivity index (χ3n) is 3.53. The van der Waals surface area contributed by atoms with Crippen LogP contribution in [-0.2, 0) is 6.42 Å². The summed E-state index contributed by atoms with van der Waals surface area (Å²) in [6.07, 6.45) is 6.88. The molecule has 1 rings (SSSR count). The molecule has 0 aliphatic rings. The maximum atomic E-state index is 8.69. The molecule has 19 heavy (non-hydrogen) atoms. The first-order valence-electron chi connectivity index (χ1n) is 7.62. The molecule has 1 aromatic rings. The Labute approximate surface area is 118 Å². The second-order valence-electron chi connectivity index (χ2n) is 5.52. The number of hydrogen-bond acceptors (Lipinski definition) is 2. The van der Waals surface area contributed by atoms with E-state index in [0.29, 0.717) is 12.6 Å². The van der Waals surface area contributed by atoms with Gasteiger partial charge in [-0.05, 0) is 51.6 Å². The lowest BCUT2D eigenvalue weighted by atomic mass is 10.0. The van der Waals surface area contributed by atoms with E-state index in [1.807, 2.05) is 0 Å². The first kappa shape index (κ1) is 16.2. The topological polar surface area (TPSA) is 32.3 Å². The van der Waals surface area contributed by atoms with Crippen molar-refractivity contribution in [3.05, 3.63) is 35.4 Å². The fourth-order valence-electron chi connectivity index (χ4n) is 2.29. The molecule has 0 spiro atoms. The van der Waals surface area contributed by atoms with E-state index in [-0.39, 0.29) is 0 Å². The van der Waals surface area contributed by atoms with E-state index >= 15 is 0 Å². The minimum atomic E-state index is 0.334. The van der Waals surface area contributed by atoms with Gasteiger partial charge in [0.1, 0.15) is 0 Å². The molecule has 0 saturated heterocycles. The molecular weight excluding hydrogens is 234 g/mol. The normalized spacial score (nSPS) is 12.6. The Bertz CT molecular complexity index is 338. The molecule has 2 nitrogen and oxygen atoms in total. The number of aliphatic hydroxyl groups excluding tert-OH is 1. The summed E-state index contributed by atoms with van der Waals surface area (Å²) in [6.45, 7) is 5.85. The predicted octanol–water partition coefficient (Wildman–Crippen LogP) is 3.46. The molecule has 1 atom stereocenters. The van der Waals surface area contributed by atoms with Gasteiger partial charge in [-0.1, -0.05) is 42.7 Å². The second-order valence-corrected chi connectivity index (χ2v) is 5.52. The molecule has 0 radical (unpaired) electrons. The quantitative estimate of drug-likeness (QED) is 0.634. The number of aryl methyl sites for hydroxylation is 2. The van der Waals surface area contributed by atoms with E-state index in [9.17, 15) is 0 Å². The van der Waals surface area contributed by atoms with Crippen molar-refractivity contribution in [3.8, 4) is 0 Å². The molecule has 0 saturated carbocycles. The summed E-state index contributed by atoms with van der Waals surface area (Å²) >= 11 is 0. The van der Waals surface area contributed by atoms with Crippen LogP contribution in [0.5, 0.6) is 0 Å². The van der Waals surface area contributed by atoms with Gasteiger partial charge in [0.25, 0.3) is 0 Å². The molecule has 0 fully saturated rings. The number of aliphatic hydroxyl groups is 1. The third-order valence-corrected chi connectivity index (χ3v) is 3.53. The van der Waals surface area contributed by atoms with Crippen LogP contribution in [0.15, 0.2) is 24.3 Å². The van der Waals surface area contributed by atoms with Crippen molar-refractivity contribution in [3.63, 3.8) is 0 Å². The van der Waals surface area contributed by atoms with Crippen LogP contribution in [0.3, 0.4) is 0 Å². The molecule has 0 aliphatic heterocycles. The van der Waals surface area contributed by atoms with Gasteiger partial charge in [0.15, 0.2) is 0 Å². The van der Waals surface area contributed by atoms with Crippen LogP contribution in [0.2, 0.25) is 0 Å². The fourth-order valence-corrected chi connectivity index (χ4v) is 2.29. The van der Waals surface area contributed by atoms with Gasteiger partial charge in [-0.3, -0.25) is 0 Å². The Hall–Kier alpha value is -0.860. The van der Waals surface area contributed by atoms with Crippen LogP contribution in [-0.4, -0.2) is 24.3 Å². The van der Waals surface area contributed by atoms with Gasteiger partial charge in [-0.2, -0.15) is 0 Å². The molecule has 2 heteroatoms. The van der Waals surface area contributed by atoms with Crippen molar-refractivity contribution in [2.45, 2.75) is 58.4 Å². The van der Waals surface area contributed by atoms with Gasteiger partial charge >= 0.3 is 0 Å². The van der Waals surface area contributed by atoms with Crippen molar-refractivity contribution in [1.29, 1.82) is 0 Å². The highest BCUT2D eigenvalue weighted by atomic mass is 16.2. The van der Waals surface area contributed by atoms with Gasteiger partial charge in [-0.25, -0.2) is 0 Å². The van der Waals surface area contributed by atoms with E-state index in [1.165, 1.54) is 30.4 Å². The molecule has 1 unspecified atom stereocenters. The summed E-state index contributed by atoms with van der Waals surface area (Å²) < 4.78 is 0. The Morgan fingerprint density at radius 1 is 1.16 bits per heavy atom. The Morgan fingerprint density at radius 3 is 2.68 bits per heavy atom. The second kappa shape index (κ2) is 9.99. The average molecular weight is 263 g/mol. The van der Waals surface area contributed by atoms with E-state index in [2.05, 4.69) is 43.4 Å². The summed E-state index contributed by atoms with van der Waals surface area (Å²) in [7, 11) is 0. The first-order valence-corrected chi connectivity index (χ1v) is 7.62. The number of unbranched alkanes of at least 4 members (excludes halogenated alkanes) is 3. The van der Waals surface area contributed by atoms with Crippen molar-refractivity contribution in [1.82, 2.24) is 5.32 Å². The summed E-state index contributed by atoms with van der Waals surface area (Å²) in [6, 6.07) is 9.37. The van der Waals surface area contributed by atoms with Crippen molar-refractivity contribution in [2.24, 2.45) is 0 Å². The molecule has 1 aromatic carbocycles. The van der Waals surface area contributed by atoms with E-state index in [4.69, 9.17) is 5.11 Å². The maximum absolute atomic E-state index is 8.69. The molecular formula is C17H29NO. The molecule has 0 heterocycles. The van der Waals surface area contributed by atoms with Crippen molar-refractivity contribution >= 4 is 0 Å². The van der Waals surface area contributed by atoms with E-state index < -0.39 is 0 Å². The van der Waals surface area contributed by atoms with E-state index in [1.54, 1.807) is 0 Å². The molecule has 2 N–H and O–H groups in total. The van der Waals surface area contributed by atoms with Gasteiger partial charge < -0.3 is 10.4 Å². The van der Waals surface area contributed by atoms with Gasteiger partial charge in [-0.15, -0.1) is 0 Å². The van der Waals surface area contributed by atoms with Crippen molar-refractivity contribution < 1.29 is 5.11 Å². The zero-order valence-electron chi connectivity index (χ0n) is 12.5. The SMILES string of the molecule is Cc1cccc(CCC(C)NCCCCCCO)c1. The Balaban J connectivity index is 2.06. The summed E-state index contributed by atoms with van der Waals surface area (Å²) in [4.78, 5) is 0. The highest BCUT2D eigenvalue weighted by molar-refractivity contribution is 5.22. The molecule has 0 bridgehead atoms. The molecule has 0 aliphatic carbocycles. The number of nitrogens with one attached hydrogen (secondary N) is 1. The van der Waals surface area contributed by atoms with Crippen molar-refractivity contribution in [2.75, 3.05) is 13.2 Å². The lowest BCUT2D eigenvalue weighted by Crippen LogP contribution is -2.27. The fraction of sp³-hybridized carbons (Fsp3) is 0.647. The Morgan fingerprint density at radius 2 is 1.95 bits per heavy atom. The summed E-state index contributed by atoms with van der Waals surface area (Å²) in [5.41, 5.74) is 2.79. The smallest absolute Gasteiger partial charge is 0.0431 e. The van der Waals surface area contributed by atoms with Crippen LogP contribution in [0.25, 0.3) is 0 Å². The standard InChI is InChI=1S/C17H29NO/c1-15-8-7-9-17(14-15)11-10-16(2)18-12-5-3-4-6-13-19/h7-9,14,16,18-19H,3-6,10-13H2,1-2H3. The van der Waals surface area contributed by atoms with E-state index in [0.717, 1.165) is 25.8 Å². The highest BCUT2D eigenvalue weighted by Crippen LogP contribution is 2.08. The molecule has 0 amide bonds. The minimum Gasteiger partial charge on any atom is -0.396 e. The highest BCUT2D eigenvalue weighted by Gasteiger charge is 2.02. The Kier molecular flexibility index (Phi) is 8.52. The van der Waals surface area contributed by atoms with Gasteiger partial charge in [0.05, 0.1) is 0 Å². The van der Waals surface area contributed by atoms with Crippen LogP contribution in [0.4, 0.5) is 0 Å². The van der Waals surface area contributed by atoms with Crippen LogP contribution < -0.4 is 5.32 Å². The molecule has 108 valence electrons. The van der Waals surface area contributed by atoms with Crippen LogP contribution >= 0.6 is 0 Å². The van der Waals surface area contributed by atoms with Crippen LogP contribution in [0.1, 0.15) is 50.2 Å². The molecule has 0 aromatic heterocycles. The lowest BCUT2D eigenvalue weighted by molar-refractivity contribution is 0.282.